The molecule has 0 fully saturated rings. The molecule has 0 aliphatic heterocycles. The van der Waals surface area contributed by atoms with E-state index in [1.165, 1.54) is 54.4 Å². The summed E-state index contributed by atoms with van der Waals surface area (Å²) in [5.74, 6) is -1.54. The topological polar surface area (TPSA) is 93.1 Å². The molecule has 242 valence electrons. The highest BCUT2D eigenvalue weighted by atomic mass is 16.5. The highest BCUT2D eigenvalue weighted by molar-refractivity contribution is 5.88. The van der Waals surface area contributed by atoms with Crippen molar-refractivity contribution in [3.8, 4) is 11.1 Å². The fourth-order valence-electron chi connectivity index (χ4n) is 5.12. The van der Waals surface area contributed by atoms with Crippen LogP contribution in [0.4, 0.5) is 0 Å². The van der Waals surface area contributed by atoms with E-state index in [0.717, 1.165) is 18.4 Å². The molecule has 1 atom stereocenters. The molecule has 0 spiro atoms. The third-order valence-corrected chi connectivity index (χ3v) is 8.23. The molecular weight excluding hydrogens is 552 g/mol. The summed E-state index contributed by atoms with van der Waals surface area (Å²) in [5.41, 5.74) is 6.25. The summed E-state index contributed by atoms with van der Waals surface area (Å²) in [6.07, 6.45) is 10.1. The zero-order valence-electron chi connectivity index (χ0n) is 27.5. The molecule has 0 amide bonds. The van der Waals surface area contributed by atoms with Gasteiger partial charge >= 0.3 is 11.9 Å². The van der Waals surface area contributed by atoms with Gasteiger partial charge in [0.25, 0.3) is 0 Å². The Morgan fingerprint density at radius 1 is 0.818 bits per heavy atom. The Morgan fingerprint density at radius 3 is 2.02 bits per heavy atom. The van der Waals surface area contributed by atoms with Gasteiger partial charge in [0, 0.05) is 35.7 Å². The summed E-state index contributed by atoms with van der Waals surface area (Å²) in [6, 6.07) is 15.4. The number of aliphatic hydroxyl groups excluding tert-OH is 2. The van der Waals surface area contributed by atoms with Crippen LogP contribution in [0.25, 0.3) is 11.1 Å². The molecule has 2 N–H and O–H groups in total. The molecule has 0 bridgehead atoms. The first-order chi connectivity index (χ1) is 21.0. The fourth-order valence-corrected chi connectivity index (χ4v) is 5.12. The molecule has 1 unspecified atom stereocenters. The van der Waals surface area contributed by atoms with Crippen molar-refractivity contribution in [2.45, 2.75) is 91.9 Å². The molecule has 0 aliphatic carbocycles. The number of hydrogen-bond acceptors (Lipinski definition) is 6. The van der Waals surface area contributed by atoms with Gasteiger partial charge in [0.15, 0.2) is 0 Å². The second-order valence-corrected chi connectivity index (χ2v) is 12.5. The number of carbonyl (C=O) groups is 2. The maximum absolute atomic E-state index is 12.6. The molecule has 6 heteroatoms. The summed E-state index contributed by atoms with van der Waals surface area (Å²) in [4.78, 5) is 24.7. The lowest BCUT2D eigenvalue weighted by molar-refractivity contribution is -0.149. The molecule has 0 saturated carbocycles. The van der Waals surface area contributed by atoms with Crippen molar-refractivity contribution in [2.24, 2.45) is 11.3 Å². The molecule has 0 heterocycles. The Kier molecular flexibility index (Phi) is 16.2. The van der Waals surface area contributed by atoms with Crippen LogP contribution in [0.3, 0.4) is 0 Å². The molecule has 0 aromatic heterocycles. The number of esters is 2. The molecule has 6 nitrogen and oxygen atoms in total. The Morgan fingerprint density at radius 2 is 1.43 bits per heavy atom. The molecular formula is C38H54O6. The van der Waals surface area contributed by atoms with Gasteiger partial charge in [-0.05, 0) is 73.3 Å². The molecule has 44 heavy (non-hydrogen) atoms. The van der Waals surface area contributed by atoms with Gasteiger partial charge in [-0.2, -0.15) is 0 Å². The van der Waals surface area contributed by atoms with Crippen LogP contribution in [-0.2, 0) is 38.3 Å². The Hall–Kier alpha value is -3.22. The van der Waals surface area contributed by atoms with Crippen LogP contribution in [0.15, 0.2) is 66.8 Å². The number of aryl methyl sites for hydroxylation is 3. The Balaban J connectivity index is 2.07. The third kappa shape index (κ3) is 12.4. The first-order valence-corrected chi connectivity index (χ1v) is 16.2. The number of unbranched alkanes of at least 4 members (excludes halogenated alkanes) is 4. The Bertz CT molecular complexity index is 1210. The zero-order chi connectivity index (χ0) is 32.5. The molecule has 2 rings (SSSR count). The fraction of sp³-hybridized carbons (Fsp3) is 0.526. The van der Waals surface area contributed by atoms with Crippen molar-refractivity contribution < 1.29 is 29.3 Å². The van der Waals surface area contributed by atoms with Crippen LogP contribution in [0.2, 0.25) is 0 Å². The standard InChI is InChI=1S/C38H54O6/c1-7-9-10-11-12-13-33-18-19-35(23-32(33)8-2)34-16-14-30(15-17-34)20-21-38(6,26-43-36(41)28(3)4)27-44-37(42)29(5)22-31(24-39)25-40/h14-19,23,31,39-40H,3,5,7-13,20-22,24-27H2,1-2,4,6H3. The summed E-state index contributed by atoms with van der Waals surface area (Å²) >= 11 is 0. The summed E-state index contributed by atoms with van der Waals surface area (Å²) < 4.78 is 11.1. The van der Waals surface area contributed by atoms with E-state index < -0.39 is 23.3 Å². The van der Waals surface area contributed by atoms with Gasteiger partial charge < -0.3 is 19.7 Å². The van der Waals surface area contributed by atoms with Gasteiger partial charge in [-0.3, -0.25) is 0 Å². The quantitative estimate of drug-likeness (QED) is 0.0865. The predicted octanol–water partition coefficient (Wildman–Crippen LogP) is 7.58. The maximum Gasteiger partial charge on any atom is 0.333 e. The lowest BCUT2D eigenvalue weighted by Crippen LogP contribution is -2.33. The maximum atomic E-state index is 12.6. The lowest BCUT2D eigenvalue weighted by atomic mass is 9.85. The van der Waals surface area contributed by atoms with E-state index in [2.05, 4.69) is 69.5 Å². The van der Waals surface area contributed by atoms with Crippen molar-refractivity contribution in [3.05, 3.63) is 83.5 Å². The van der Waals surface area contributed by atoms with E-state index in [9.17, 15) is 19.8 Å². The number of ether oxygens (including phenoxy) is 2. The van der Waals surface area contributed by atoms with E-state index in [1.807, 2.05) is 6.92 Å². The van der Waals surface area contributed by atoms with Crippen LogP contribution < -0.4 is 0 Å². The minimum absolute atomic E-state index is 0.0278. The van der Waals surface area contributed by atoms with Crippen molar-refractivity contribution in [1.82, 2.24) is 0 Å². The summed E-state index contributed by atoms with van der Waals surface area (Å²) in [5, 5.41) is 18.6. The average molecular weight is 607 g/mol. The van der Waals surface area contributed by atoms with Gasteiger partial charge in [0.2, 0.25) is 0 Å². The molecule has 0 saturated heterocycles. The SMILES string of the molecule is C=C(C)C(=O)OCC(C)(CCc1ccc(-c2ccc(CCCCCCC)c(CC)c2)cc1)COC(=O)C(=C)CC(CO)CO. The number of hydrogen-bond donors (Lipinski definition) is 2. The third-order valence-electron chi connectivity index (χ3n) is 8.23. The zero-order valence-corrected chi connectivity index (χ0v) is 27.5. The first kappa shape index (κ1) is 37.0. The number of benzene rings is 2. The van der Waals surface area contributed by atoms with Crippen LogP contribution in [0.5, 0.6) is 0 Å². The van der Waals surface area contributed by atoms with Crippen molar-refractivity contribution in [2.75, 3.05) is 26.4 Å². The van der Waals surface area contributed by atoms with Crippen LogP contribution in [-0.4, -0.2) is 48.6 Å². The minimum atomic E-state index is -0.643. The lowest BCUT2D eigenvalue weighted by Gasteiger charge is -2.29. The summed E-state index contributed by atoms with van der Waals surface area (Å²) in [7, 11) is 0. The van der Waals surface area contributed by atoms with Crippen molar-refractivity contribution >= 4 is 11.9 Å². The second-order valence-electron chi connectivity index (χ2n) is 12.5. The van der Waals surface area contributed by atoms with Gasteiger partial charge in [0.1, 0.15) is 13.2 Å². The van der Waals surface area contributed by atoms with Gasteiger partial charge in [-0.15, -0.1) is 0 Å². The Labute approximate surface area is 265 Å². The highest BCUT2D eigenvalue weighted by Gasteiger charge is 2.29. The number of aliphatic hydroxyl groups is 2. The molecule has 2 aromatic rings. The molecule has 2 aromatic carbocycles. The van der Waals surface area contributed by atoms with Crippen molar-refractivity contribution in [1.29, 1.82) is 0 Å². The molecule has 0 aliphatic rings. The van der Waals surface area contributed by atoms with Crippen molar-refractivity contribution in [3.63, 3.8) is 0 Å². The average Bonchev–Trinajstić information content (AvgIpc) is 3.04. The predicted molar refractivity (Wildman–Crippen MR) is 178 cm³/mol. The van der Waals surface area contributed by atoms with Crippen LogP contribution in [0, 0.1) is 11.3 Å². The monoisotopic (exact) mass is 606 g/mol. The molecule has 0 radical (unpaired) electrons. The normalized spacial score (nSPS) is 12.5. The van der Waals surface area contributed by atoms with E-state index >= 15 is 0 Å². The number of carbonyl (C=O) groups excluding carboxylic acids is 2. The second kappa shape index (κ2) is 19.2. The number of rotatable bonds is 21. The minimum Gasteiger partial charge on any atom is -0.462 e. The smallest absolute Gasteiger partial charge is 0.333 e. The highest BCUT2D eigenvalue weighted by Crippen LogP contribution is 2.29. The summed E-state index contributed by atoms with van der Waals surface area (Å²) in [6.45, 7) is 15.0. The van der Waals surface area contributed by atoms with E-state index in [0.29, 0.717) is 18.4 Å². The van der Waals surface area contributed by atoms with Gasteiger partial charge in [-0.1, -0.05) is 102 Å². The van der Waals surface area contributed by atoms with E-state index in [1.54, 1.807) is 6.92 Å². The van der Waals surface area contributed by atoms with E-state index in [-0.39, 0.29) is 38.4 Å². The largest absolute Gasteiger partial charge is 0.462 e. The van der Waals surface area contributed by atoms with Gasteiger partial charge in [-0.25, -0.2) is 9.59 Å². The van der Waals surface area contributed by atoms with Gasteiger partial charge in [0.05, 0.1) is 0 Å². The van der Waals surface area contributed by atoms with E-state index in [4.69, 9.17) is 9.47 Å². The van der Waals surface area contributed by atoms with Crippen LogP contribution >= 0.6 is 0 Å². The first-order valence-electron chi connectivity index (χ1n) is 16.2. The van der Waals surface area contributed by atoms with Crippen LogP contribution in [0.1, 0.15) is 89.3 Å².